The Bertz CT molecular complexity index is 452. The lowest BCUT2D eigenvalue weighted by Crippen LogP contribution is -2.15. The van der Waals surface area contributed by atoms with Gasteiger partial charge in [0.05, 0.1) is 0 Å². The van der Waals surface area contributed by atoms with Gasteiger partial charge < -0.3 is 0 Å². The van der Waals surface area contributed by atoms with Crippen LogP contribution in [0.3, 0.4) is 0 Å². The third-order valence-corrected chi connectivity index (χ3v) is 2.61. The van der Waals surface area contributed by atoms with Gasteiger partial charge in [-0.1, -0.05) is 26.2 Å². The van der Waals surface area contributed by atoms with Crippen LogP contribution in [0.25, 0.3) is 0 Å². The van der Waals surface area contributed by atoms with E-state index in [1.54, 1.807) is 6.92 Å². The summed E-state index contributed by atoms with van der Waals surface area (Å²) in [5, 5.41) is 11.7. The molecule has 6 heteroatoms. The predicted octanol–water partition coefficient (Wildman–Crippen LogP) is 2.23. The van der Waals surface area contributed by atoms with E-state index in [1.165, 1.54) is 19.3 Å². The zero-order valence-electron chi connectivity index (χ0n) is 11.3. The van der Waals surface area contributed by atoms with E-state index >= 15 is 0 Å². The summed E-state index contributed by atoms with van der Waals surface area (Å²) < 4.78 is 0. The van der Waals surface area contributed by atoms with Crippen LogP contribution in [0.2, 0.25) is 0 Å². The molecule has 1 rings (SSSR count). The highest BCUT2D eigenvalue weighted by Gasteiger charge is 1.98. The first-order chi connectivity index (χ1) is 8.63. The molecule has 1 aromatic rings. The van der Waals surface area contributed by atoms with Crippen LogP contribution >= 0.6 is 0 Å². The van der Waals surface area contributed by atoms with Gasteiger partial charge in [0.25, 0.3) is 5.56 Å². The van der Waals surface area contributed by atoms with Crippen molar-refractivity contribution < 1.29 is 0 Å². The van der Waals surface area contributed by atoms with Crippen molar-refractivity contribution in [1.29, 1.82) is 0 Å². The number of aryl methyl sites for hydroxylation is 1. The van der Waals surface area contributed by atoms with Gasteiger partial charge in [0.2, 0.25) is 5.95 Å². The lowest BCUT2D eigenvalue weighted by atomic mass is 10.1. The minimum atomic E-state index is -0.247. The topological polar surface area (TPSA) is 83.0 Å². The number of aromatic nitrogens is 3. The van der Waals surface area contributed by atoms with E-state index < -0.39 is 0 Å². The molecule has 18 heavy (non-hydrogen) atoms. The summed E-state index contributed by atoms with van der Waals surface area (Å²) in [7, 11) is 0. The molecule has 0 aromatic carbocycles. The molecule has 100 valence electrons. The molecule has 0 fully saturated rings. The van der Waals surface area contributed by atoms with Crippen molar-refractivity contribution >= 4 is 11.7 Å². The van der Waals surface area contributed by atoms with Gasteiger partial charge in [0.15, 0.2) is 0 Å². The van der Waals surface area contributed by atoms with Crippen LogP contribution in [0.5, 0.6) is 0 Å². The highest BCUT2D eigenvalue weighted by molar-refractivity contribution is 5.82. The van der Waals surface area contributed by atoms with Crippen molar-refractivity contribution in [3.05, 3.63) is 16.0 Å². The van der Waals surface area contributed by atoms with E-state index in [4.69, 9.17) is 0 Å². The number of nitrogens with zero attached hydrogens (tertiary/aromatic N) is 3. The van der Waals surface area contributed by atoms with Crippen LogP contribution in [0.15, 0.2) is 9.90 Å². The van der Waals surface area contributed by atoms with Crippen molar-refractivity contribution in [1.82, 2.24) is 15.2 Å². The van der Waals surface area contributed by atoms with Gasteiger partial charge in [-0.15, -0.1) is 10.2 Å². The number of hydrazone groups is 1. The van der Waals surface area contributed by atoms with Crippen LogP contribution in [0, 0.1) is 6.92 Å². The van der Waals surface area contributed by atoms with Crippen molar-refractivity contribution in [2.45, 2.75) is 52.9 Å². The molecular formula is C12H21N5O. The SMILES string of the molecule is CCCCCCC(C)=NNc1nnc(C)c(=O)[nH]1. The van der Waals surface area contributed by atoms with Gasteiger partial charge in [-0.2, -0.15) is 5.10 Å². The summed E-state index contributed by atoms with van der Waals surface area (Å²) in [6.45, 7) is 5.76. The Labute approximate surface area is 107 Å². The van der Waals surface area contributed by atoms with Crippen molar-refractivity contribution in [3.63, 3.8) is 0 Å². The molecule has 1 heterocycles. The number of anilines is 1. The summed E-state index contributed by atoms with van der Waals surface area (Å²) in [6, 6.07) is 0. The normalized spacial score (nSPS) is 11.6. The third kappa shape index (κ3) is 5.07. The second-order valence-corrected chi connectivity index (χ2v) is 4.36. The molecule has 0 atom stereocenters. The van der Waals surface area contributed by atoms with Gasteiger partial charge in [-0.05, 0) is 26.7 Å². The van der Waals surface area contributed by atoms with Crippen molar-refractivity contribution in [2.75, 3.05) is 5.43 Å². The Hall–Kier alpha value is -1.72. The highest BCUT2D eigenvalue weighted by atomic mass is 16.1. The fraction of sp³-hybridized carbons (Fsp3) is 0.667. The predicted molar refractivity (Wildman–Crippen MR) is 72.9 cm³/mol. The zero-order valence-corrected chi connectivity index (χ0v) is 11.3. The van der Waals surface area contributed by atoms with E-state index in [9.17, 15) is 4.79 Å². The lowest BCUT2D eigenvalue weighted by Gasteiger charge is -2.02. The van der Waals surface area contributed by atoms with Crippen LogP contribution in [0.1, 0.15) is 51.6 Å². The van der Waals surface area contributed by atoms with Crippen LogP contribution in [-0.4, -0.2) is 20.9 Å². The number of unbranched alkanes of at least 4 members (excludes halogenated alkanes) is 3. The monoisotopic (exact) mass is 251 g/mol. The summed E-state index contributed by atoms with van der Waals surface area (Å²) in [5.74, 6) is 0.276. The molecule has 6 nitrogen and oxygen atoms in total. The highest BCUT2D eigenvalue weighted by Crippen LogP contribution is 2.03. The molecule has 0 aliphatic carbocycles. The molecule has 0 spiro atoms. The molecule has 0 amide bonds. The number of aromatic amines is 1. The maximum Gasteiger partial charge on any atom is 0.274 e. The second-order valence-electron chi connectivity index (χ2n) is 4.36. The summed E-state index contributed by atoms with van der Waals surface area (Å²) >= 11 is 0. The van der Waals surface area contributed by atoms with Gasteiger partial charge in [-0.25, -0.2) is 5.43 Å². The Morgan fingerprint density at radius 3 is 2.78 bits per heavy atom. The van der Waals surface area contributed by atoms with Gasteiger partial charge in [-0.3, -0.25) is 9.78 Å². The molecule has 0 unspecified atom stereocenters. The molecule has 2 N–H and O–H groups in total. The smallest absolute Gasteiger partial charge is 0.274 e. The molecular weight excluding hydrogens is 230 g/mol. The van der Waals surface area contributed by atoms with Gasteiger partial charge in [0.1, 0.15) is 5.69 Å². The van der Waals surface area contributed by atoms with E-state index in [1.807, 2.05) is 6.92 Å². The standard InChI is InChI=1S/C12H21N5O/c1-4-5-6-7-8-9(2)14-16-12-13-11(18)10(3)15-17-12/h4-8H2,1-3H3,(H2,13,16,17,18). The minimum absolute atomic E-state index is 0.247. The van der Waals surface area contributed by atoms with Crippen molar-refractivity contribution in [3.8, 4) is 0 Å². The Kier molecular flexibility index (Phi) is 6.04. The van der Waals surface area contributed by atoms with Gasteiger partial charge >= 0.3 is 0 Å². The van der Waals surface area contributed by atoms with Gasteiger partial charge in [0, 0.05) is 5.71 Å². The Balaban J connectivity index is 2.42. The maximum absolute atomic E-state index is 11.3. The fourth-order valence-electron chi connectivity index (χ4n) is 1.46. The number of rotatable bonds is 7. The molecule has 0 radical (unpaired) electrons. The van der Waals surface area contributed by atoms with Crippen LogP contribution in [0.4, 0.5) is 5.95 Å². The molecule has 0 bridgehead atoms. The van der Waals surface area contributed by atoms with E-state index in [-0.39, 0.29) is 11.5 Å². The Morgan fingerprint density at radius 2 is 2.11 bits per heavy atom. The second kappa shape index (κ2) is 7.58. The first-order valence-corrected chi connectivity index (χ1v) is 6.36. The Morgan fingerprint density at radius 1 is 1.33 bits per heavy atom. The largest absolute Gasteiger partial charge is 0.288 e. The molecule has 1 aromatic heterocycles. The number of hydrogen-bond acceptors (Lipinski definition) is 5. The summed E-state index contributed by atoms with van der Waals surface area (Å²) in [6.07, 6.45) is 5.81. The number of hydrogen-bond donors (Lipinski definition) is 2. The van der Waals surface area contributed by atoms with Crippen molar-refractivity contribution in [2.24, 2.45) is 5.10 Å². The molecule has 0 saturated heterocycles. The first-order valence-electron chi connectivity index (χ1n) is 6.36. The zero-order chi connectivity index (χ0) is 13.4. The quantitative estimate of drug-likeness (QED) is 0.442. The minimum Gasteiger partial charge on any atom is -0.288 e. The summed E-state index contributed by atoms with van der Waals surface area (Å²) in [4.78, 5) is 13.8. The fourth-order valence-corrected chi connectivity index (χ4v) is 1.46. The first kappa shape index (κ1) is 14.3. The molecule has 0 aliphatic rings. The maximum atomic E-state index is 11.3. The lowest BCUT2D eigenvalue weighted by molar-refractivity contribution is 0.682. The van der Waals surface area contributed by atoms with E-state index in [0.29, 0.717) is 5.69 Å². The van der Waals surface area contributed by atoms with E-state index in [2.05, 4.69) is 32.6 Å². The van der Waals surface area contributed by atoms with Crippen LogP contribution < -0.4 is 11.0 Å². The molecule has 0 saturated carbocycles. The van der Waals surface area contributed by atoms with Crippen LogP contribution in [-0.2, 0) is 0 Å². The molecule has 0 aliphatic heterocycles. The average molecular weight is 251 g/mol. The van der Waals surface area contributed by atoms with E-state index in [0.717, 1.165) is 18.6 Å². The summed E-state index contributed by atoms with van der Waals surface area (Å²) in [5.41, 5.74) is 3.81. The third-order valence-electron chi connectivity index (χ3n) is 2.61. The number of nitrogens with one attached hydrogen (secondary N) is 2. The average Bonchev–Trinajstić information content (AvgIpc) is 2.36. The number of H-pyrrole nitrogens is 1.